The average Bonchev–Trinajstić information content (AvgIpc) is 2.76. The summed E-state index contributed by atoms with van der Waals surface area (Å²) in [6.07, 6.45) is 1.60. The topological polar surface area (TPSA) is 50.7 Å². The van der Waals surface area contributed by atoms with E-state index in [0.717, 1.165) is 6.54 Å². The van der Waals surface area contributed by atoms with Gasteiger partial charge in [-0.2, -0.15) is 0 Å². The van der Waals surface area contributed by atoms with Gasteiger partial charge >= 0.3 is 0 Å². The molecule has 1 heterocycles. The van der Waals surface area contributed by atoms with Gasteiger partial charge in [-0.25, -0.2) is 0 Å². The van der Waals surface area contributed by atoms with Crippen LogP contribution in [0.2, 0.25) is 0 Å². The third kappa shape index (κ3) is 3.98. The van der Waals surface area contributed by atoms with Crippen molar-refractivity contribution in [3.8, 4) is 0 Å². The Kier molecular flexibility index (Phi) is 4.45. The number of hydrogen-bond donors (Lipinski definition) is 2. The Morgan fingerprint density at radius 1 is 1.26 bits per heavy atom. The number of rotatable bonds is 6. The molecule has 1 aromatic rings. The van der Waals surface area contributed by atoms with Crippen molar-refractivity contribution in [2.24, 2.45) is 5.92 Å². The largest absolute Gasteiger partial charge is 0.457 e. The predicted octanol–water partition coefficient (Wildman–Crippen LogP) is 2.01. The Morgan fingerprint density at radius 3 is 2.58 bits per heavy atom. The summed E-state index contributed by atoms with van der Waals surface area (Å²) >= 11 is 0. The van der Waals surface area contributed by atoms with Crippen molar-refractivity contribution in [3.05, 3.63) is 47.9 Å². The SMILES string of the molecule is CC1(C)OC=C(C(CO)CNCc2ccccc2)O1. The fourth-order valence-corrected chi connectivity index (χ4v) is 1.95. The minimum absolute atomic E-state index is 0.0348. The van der Waals surface area contributed by atoms with Gasteiger partial charge in [0, 0.05) is 26.9 Å². The van der Waals surface area contributed by atoms with Crippen molar-refractivity contribution in [2.45, 2.75) is 26.2 Å². The second-order valence-corrected chi connectivity index (χ2v) is 5.14. The van der Waals surface area contributed by atoms with Gasteiger partial charge in [0.1, 0.15) is 12.0 Å². The van der Waals surface area contributed by atoms with Gasteiger partial charge in [-0.05, 0) is 5.56 Å². The fourth-order valence-electron chi connectivity index (χ4n) is 1.95. The van der Waals surface area contributed by atoms with Crippen LogP contribution < -0.4 is 5.32 Å². The van der Waals surface area contributed by atoms with Crippen molar-refractivity contribution in [2.75, 3.05) is 13.2 Å². The summed E-state index contributed by atoms with van der Waals surface area (Å²) in [6.45, 7) is 5.16. The van der Waals surface area contributed by atoms with Crippen LogP contribution in [0.25, 0.3) is 0 Å². The Balaban J connectivity index is 1.81. The van der Waals surface area contributed by atoms with Crippen LogP contribution in [-0.4, -0.2) is 24.0 Å². The third-order valence-electron chi connectivity index (χ3n) is 3.01. The maximum absolute atomic E-state index is 9.44. The Hall–Kier alpha value is -1.52. The van der Waals surface area contributed by atoms with E-state index in [1.807, 2.05) is 32.0 Å². The first-order valence-corrected chi connectivity index (χ1v) is 6.53. The van der Waals surface area contributed by atoms with Crippen LogP contribution in [-0.2, 0) is 16.0 Å². The van der Waals surface area contributed by atoms with E-state index in [-0.39, 0.29) is 12.5 Å². The Labute approximate surface area is 114 Å². The molecular formula is C15H21NO3. The molecular weight excluding hydrogens is 242 g/mol. The van der Waals surface area contributed by atoms with Gasteiger partial charge in [0.25, 0.3) is 0 Å². The number of aliphatic hydroxyl groups excluding tert-OH is 1. The molecule has 2 N–H and O–H groups in total. The summed E-state index contributed by atoms with van der Waals surface area (Å²) in [5.74, 6) is 0.000822. The zero-order valence-corrected chi connectivity index (χ0v) is 11.4. The predicted molar refractivity (Wildman–Crippen MR) is 73.1 cm³/mol. The van der Waals surface area contributed by atoms with E-state index in [9.17, 15) is 5.11 Å². The highest BCUT2D eigenvalue weighted by Crippen LogP contribution is 2.28. The van der Waals surface area contributed by atoms with Crippen LogP contribution in [0.1, 0.15) is 19.4 Å². The lowest BCUT2D eigenvalue weighted by molar-refractivity contribution is -0.121. The smallest absolute Gasteiger partial charge is 0.244 e. The minimum atomic E-state index is -0.623. The third-order valence-corrected chi connectivity index (χ3v) is 3.01. The van der Waals surface area contributed by atoms with Crippen molar-refractivity contribution in [1.29, 1.82) is 0 Å². The number of benzene rings is 1. The molecule has 1 aliphatic rings. The molecule has 1 atom stereocenters. The molecule has 0 saturated heterocycles. The lowest BCUT2D eigenvalue weighted by atomic mass is 10.1. The molecule has 1 aromatic carbocycles. The lowest BCUT2D eigenvalue weighted by Gasteiger charge is -2.21. The lowest BCUT2D eigenvalue weighted by Crippen LogP contribution is -2.28. The van der Waals surface area contributed by atoms with Crippen LogP contribution in [0.4, 0.5) is 0 Å². The van der Waals surface area contributed by atoms with Crippen molar-refractivity contribution < 1.29 is 14.6 Å². The molecule has 0 amide bonds. The summed E-state index contributed by atoms with van der Waals surface area (Å²) in [4.78, 5) is 0. The molecule has 1 unspecified atom stereocenters. The van der Waals surface area contributed by atoms with Crippen LogP contribution in [0.3, 0.4) is 0 Å². The minimum Gasteiger partial charge on any atom is -0.457 e. The average molecular weight is 263 g/mol. The molecule has 0 spiro atoms. The standard InChI is InChI=1S/C15H21NO3/c1-15(2)18-11-14(19-15)13(10-17)9-16-8-12-6-4-3-5-7-12/h3-7,11,13,16-17H,8-10H2,1-2H3. The molecule has 1 aliphatic heterocycles. The van der Waals surface area contributed by atoms with Crippen LogP contribution in [0, 0.1) is 5.92 Å². The van der Waals surface area contributed by atoms with E-state index >= 15 is 0 Å². The summed E-state index contributed by atoms with van der Waals surface area (Å²) < 4.78 is 11.0. The van der Waals surface area contributed by atoms with Gasteiger partial charge < -0.3 is 19.9 Å². The Morgan fingerprint density at radius 2 is 2.00 bits per heavy atom. The summed E-state index contributed by atoms with van der Waals surface area (Å²) in [5, 5.41) is 12.8. The highest BCUT2D eigenvalue weighted by Gasteiger charge is 2.31. The highest BCUT2D eigenvalue weighted by molar-refractivity contribution is 5.14. The maximum Gasteiger partial charge on any atom is 0.244 e. The van der Waals surface area contributed by atoms with Crippen LogP contribution in [0.5, 0.6) is 0 Å². The summed E-state index contributed by atoms with van der Waals surface area (Å²) in [6, 6.07) is 10.2. The first kappa shape index (κ1) is 13.9. The number of aliphatic hydroxyl groups is 1. The summed E-state index contributed by atoms with van der Waals surface area (Å²) in [5.41, 5.74) is 1.22. The molecule has 0 aromatic heterocycles. The van der Waals surface area contributed by atoms with Crippen LogP contribution in [0.15, 0.2) is 42.4 Å². The van der Waals surface area contributed by atoms with E-state index in [2.05, 4.69) is 17.4 Å². The summed E-state index contributed by atoms with van der Waals surface area (Å²) in [7, 11) is 0. The first-order chi connectivity index (χ1) is 9.11. The fraction of sp³-hybridized carbons (Fsp3) is 0.467. The van der Waals surface area contributed by atoms with Crippen molar-refractivity contribution >= 4 is 0 Å². The number of ether oxygens (including phenoxy) is 2. The zero-order chi connectivity index (χ0) is 13.7. The van der Waals surface area contributed by atoms with Crippen LogP contribution >= 0.6 is 0 Å². The van der Waals surface area contributed by atoms with Gasteiger partial charge in [-0.15, -0.1) is 0 Å². The van der Waals surface area contributed by atoms with Gasteiger partial charge in [0.2, 0.25) is 5.79 Å². The molecule has 0 saturated carbocycles. The molecule has 19 heavy (non-hydrogen) atoms. The second-order valence-electron chi connectivity index (χ2n) is 5.14. The molecule has 0 bridgehead atoms. The molecule has 0 aliphatic carbocycles. The van der Waals surface area contributed by atoms with Gasteiger partial charge in [0.15, 0.2) is 0 Å². The monoisotopic (exact) mass is 263 g/mol. The highest BCUT2D eigenvalue weighted by atomic mass is 16.7. The quantitative estimate of drug-likeness (QED) is 0.824. The van der Waals surface area contributed by atoms with Crippen molar-refractivity contribution in [3.63, 3.8) is 0 Å². The van der Waals surface area contributed by atoms with Gasteiger partial charge in [0.05, 0.1) is 12.5 Å². The van der Waals surface area contributed by atoms with Gasteiger partial charge in [-0.1, -0.05) is 30.3 Å². The molecule has 4 heteroatoms. The van der Waals surface area contributed by atoms with E-state index in [0.29, 0.717) is 12.3 Å². The van der Waals surface area contributed by atoms with E-state index in [4.69, 9.17) is 9.47 Å². The number of hydrogen-bond acceptors (Lipinski definition) is 4. The van der Waals surface area contributed by atoms with E-state index < -0.39 is 5.79 Å². The normalized spacial score (nSPS) is 18.4. The first-order valence-electron chi connectivity index (χ1n) is 6.53. The molecule has 0 fully saturated rings. The molecule has 0 radical (unpaired) electrons. The molecule has 104 valence electrons. The number of nitrogens with one attached hydrogen (secondary N) is 1. The van der Waals surface area contributed by atoms with E-state index in [1.54, 1.807) is 6.26 Å². The molecule has 4 nitrogen and oxygen atoms in total. The zero-order valence-electron chi connectivity index (χ0n) is 11.4. The molecule has 2 rings (SSSR count). The maximum atomic E-state index is 9.44. The Bertz CT molecular complexity index is 428. The van der Waals surface area contributed by atoms with E-state index in [1.165, 1.54) is 5.56 Å². The van der Waals surface area contributed by atoms with Gasteiger partial charge in [-0.3, -0.25) is 0 Å². The second kappa shape index (κ2) is 6.08. The van der Waals surface area contributed by atoms with Crippen molar-refractivity contribution in [1.82, 2.24) is 5.32 Å².